The topological polar surface area (TPSA) is 90.5 Å². The average Bonchev–Trinajstić information content (AvgIpc) is 2.77. The number of anilines is 2. The zero-order valence-electron chi connectivity index (χ0n) is 18.2. The number of rotatable bonds is 5. The number of hydrogen-bond donors (Lipinski definition) is 4. The SMILES string of the molecule is CC1(C)Cc2cc(C(=O)O)ccc2NC1c1cccc(NC(=O)NCc2ccccc2)c1. The largest absolute Gasteiger partial charge is 0.478 e. The Morgan fingerprint density at radius 3 is 2.56 bits per heavy atom. The van der Waals surface area contributed by atoms with Crippen LogP contribution in [0.1, 0.15) is 46.9 Å². The van der Waals surface area contributed by atoms with E-state index in [1.807, 2.05) is 60.7 Å². The Morgan fingerprint density at radius 2 is 1.81 bits per heavy atom. The van der Waals surface area contributed by atoms with Gasteiger partial charge in [0.15, 0.2) is 0 Å². The van der Waals surface area contributed by atoms with Crippen LogP contribution in [0.2, 0.25) is 0 Å². The molecule has 1 unspecified atom stereocenters. The van der Waals surface area contributed by atoms with Crippen molar-refractivity contribution in [3.05, 3.63) is 95.1 Å². The first-order valence-electron chi connectivity index (χ1n) is 10.6. The molecule has 0 bridgehead atoms. The quantitative estimate of drug-likeness (QED) is 0.435. The number of amides is 2. The van der Waals surface area contributed by atoms with Crippen LogP contribution in [0.4, 0.5) is 16.2 Å². The number of aromatic carboxylic acids is 1. The first-order valence-corrected chi connectivity index (χ1v) is 10.6. The van der Waals surface area contributed by atoms with Crippen molar-refractivity contribution in [1.29, 1.82) is 0 Å². The standard InChI is InChI=1S/C26H27N3O3/c1-26(2)15-20-13-19(24(30)31)11-12-22(20)29-23(26)18-9-6-10-21(14-18)28-25(32)27-16-17-7-4-3-5-8-17/h3-14,23,29H,15-16H2,1-2H3,(H,30,31)(H2,27,28,32). The van der Waals surface area contributed by atoms with E-state index in [1.54, 1.807) is 12.1 Å². The number of carboxylic acids is 1. The fourth-order valence-corrected chi connectivity index (χ4v) is 4.24. The number of carboxylic acid groups (broad SMARTS) is 1. The number of nitrogens with one attached hydrogen (secondary N) is 3. The number of benzene rings is 3. The smallest absolute Gasteiger partial charge is 0.335 e. The number of urea groups is 1. The van der Waals surface area contributed by atoms with Gasteiger partial charge in [-0.05, 0) is 58.9 Å². The molecule has 6 heteroatoms. The highest BCUT2D eigenvalue weighted by atomic mass is 16.4. The molecular weight excluding hydrogens is 402 g/mol. The molecular formula is C26H27N3O3. The van der Waals surface area contributed by atoms with Crippen LogP contribution in [-0.4, -0.2) is 17.1 Å². The molecule has 0 saturated carbocycles. The van der Waals surface area contributed by atoms with E-state index in [-0.39, 0.29) is 17.5 Å². The van der Waals surface area contributed by atoms with E-state index in [9.17, 15) is 14.7 Å². The first-order chi connectivity index (χ1) is 15.3. The summed E-state index contributed by atoms with van der Waals surface area (Å²) in [6, 6.07) is 22.6. The van der Waals surface area contributed by atoms with Crippen molar-refractivity contribution in [2.24, 2.45) is 5.41 Å². The average molecular weight is 430 g/mol. The molecule has 3 aromatic rings. The number of carbonyl (C=O) groups excluding carboxylic acids is 1. The molecule has 0 aliphatic carbocycles. The van der Waals surface area contributed by atoms with Gasteiger partial charge in [-0.2, -0.15) is 0 Å². The minimum Gasteiger partial charge on any atom is -0.478 e. The van der Waals surface area contributed by atoms with Crippen molar-refractivity contribution < 1.29 is 14.7 Å². The van der Waals surface area contributed by atoms with Crippen molar-refractivity contribution in [1.82, 2.24) is 5.32 Å². The predicted molar refractivity (Wildman–Crippen MR) is 126 cm³/mol. The highest BCUT2D eigenvalue weighted by Gasteiger charge is 2.36. The molecule has 4 rings (SSSR count). The van der Waals surface area contributed by atoms with Crippen LogP contribution in [-0.2, 0) is 13.0 Å². The zero-order valence-corrected chi connectivity index (χ0v) is 18.2. The third-order valence-corrected chi connectivity index (χ3v) is 5.85. The molecule has 1 heterocycles. The van der Waals surface area contributed by atoms with Gasteiger partial charge in [-0.1, -0.05) is 56.3 Å². The Kier molecular flexibility index (Phi) is 5.86. The second-order valence-corrected chi connectivity index (χ2v) is 8.84. The van der Waals surface area contributed by atoms with E-state index < -0.39 is 5.97 Å². The summed E-state index contributed by atoms with van der Waals surface area (Å²) in [5.74, 6) is -0.919. The lowest BCUT2D eigenvalue weighted by Crippen LogP contribution is -2.35. The second-order valence-electron chi connectivity index (χ2n) is 8.84. The molecule has 1 aliphatic heterocycles. The first kappa shape index (κ1) is 21.4. The molecule has 4 N–H and O–H groups in total. The maximum Gasteiger partial charge on any atom is 0.335 e. The third-order valence-electron chi connectivity index (χ3n) is 5.85. The highest BCUT2D eigenvalue weighted by Crippen LogP contribution is 2.45. The van der Waals surface area contributed by atoms with Gasteiger partial charge in [0.05, 0.1) is 11.6 Å². The normalized spacial score (nSPS) is 16.4. The molecule has 0 spiro atoms. The van der Waals surface area contributed by atoms with Gasteiger partial charge in [0, 0.05) is 17.9 Å². The van der Waals surface area contributed by atoms with E-state index in [1.165, 1.54) is 0 Å². The van der Waals surface area contributed by atoms with Crippen LogP contribution in [0.3, 0.4) is 0 Å². The van der Waals surface area contributed by atoms with Gasteiger partial charge < -0.3 is 21.1 Å². The molecule has 32 heavy (non-hydrogen) atoms. The lowest BCUT2D eigenvalue weighted by molar-refractivity contribution is 0.0696. The van der Waals surface area contributed by atoms with E-state index >= 15 is 0 Å². The van der Waals surface area contributed by atoms with Gasteiger partial charge in [0.2, 0.25) is 0 Å². The van der Waals surface area contributed by atoms with Crippen LogP contribution in [0.15, 0.2) is 72.8 Å². The van der Waals surface area contributed by atoms with Crippen LogP contribution in [0.5, 0.6) is 0 Å². The molecule has 0 aromatic heterocycles. The molecule has 2 amide bonds. The van der Waals surface area contributed by atoms with Crippen molar-refractivity contribution in [2.75, 3.05) is 10.6 Å². The van der Waals surface area contributed by atoms with Crippen LogP contribution < -0.4 is 16.0 Å². The molecule has 0 fully saturated rings. The predicted octanol–water partition coefficient (Wildman–Crippen LogP) is 5.44. The van der Waals surface area contributed by atoms with Crippen molar-refractivity contribution in [3.8, 4) is 0 Å². The van der Waals surface area contributed by atoms with Gasteiger partial charge in [-0.25, -0.2) is 9.59 Å². The maximum absolute atomic E-state index is 12.4. The van der Waals surface area contributed by atoms with E-state index in [4.69, 9.17) is 0 Å². The Balaban J connectivity index is 1.48. The molecule has 0 saturated heterocycles. The molecule has 1 aliphatic rings. The Bertz CT molecular complexity index is 1140. The molecule has 3 aromatic carbocycles. The summed E-state index contributed by atoms with van der Waals surface area (Å²) in [5.41, 5.74) is 4.90. The van der Waals surface area contributed by atoms with Crippen molar-refractivity contribution >= 4 is 23.4 Å². The highest BCUT2D eigenvalue weighted by molar-refractivity contribution is 5.89. The molecule has 1 atom stereocenters. The zero-order chi connectivity index (χ0) is 22.7. The van der Waals surface area contributed by atoms with E-state index in [2.05, 4.69) is 29.8 Å². The second kappa shape index (κ2) is 8.75. The van der Waals surface area contributed by atoms with Crippen molar-refractivity contribution in [2.45, 2.75) is 32.9 Å². The number of carbonyl (C=O) groups is 2. The summed E-state index contributed by atoms with van der Waals surface area (Å²) in [4.78, 5) is 23.7. The van der Waals surface area contributed by atoms with Crippen LogP contribution in [0, 0.1) is 5.41 Å². The summed E-state index contributed by atoms with van der Waals surface area (Å²) in [6.45, 7) is 4.78. The monoisotopic (exact) mass is 429 g/mol. The van der Waals surface area contributed by atoms with Gasteiger partial charge >= 0.3 is 12.0 Å². The summed E-state index contributed by atoms with van der Waals surface area (Å²) in [5, 5.41) is 18.7. The number of fused-ring (bicyclic) bond motifs is 1. The third kappa shape index (κ3) is 4.75. The summed E-state index contributed by atoms with van der Waals surface area (Å²) in [6.07, 6.45) is 0.746. The lowest BCUT2D eigenvalue weighted by Gasteiger charge is -2.41. The number of hydrogen-bond acceptors (Lipinski definition) is 3. The Hall–Kier alpha value is -3.80. The fraction of sp³-hybridized carbons (Fsp3) is 0.231. The summed E-state index contributed by atoms with van der Waals surface area (Å²) < 4.78 is 0. The van der Waals surface area contributed by atoms with Gasteiger partial charge in [0.1, 0.15) is 0 Å². The fourth-order valence-electron chi connectivity index (χ4n) is 4.24. The summed E-state index contributed by atoms with van der Waals surface area (Å²) >= 11 is 0. The molecule has 164 valence electrons. The minimum absolute atomic E-state index is 0.0137. The van der Waals surface area contributed by atoms with Crippen molar-refractivity contribution in [3.63, 3.8) is 0 Å². The van der Waals surface area contributed by atoms with Crippen LogP contribution >= 0.6 is 0 Å². The van der Waals surface area contributed by atoms with Gasteiger partial charge in [-0.15, -0.1) is 0 Å². The Labute approximate surface area is 187 Å². The van der Waals surface area contributed by atoms with Gasteiger partial charge in [0.25, 0.3) is 0 Å². The maximum atomic E-state index is 12.4. The molecule has 6 nitrogen and oxygen atoms in total. The van der Waals surface area contributed by atoms with Crippen LogP contribution in [0.25, 0.3) is 0 Å². The van der Waals surface area contributed by atoms with Gasteiger partial charge in [-0.3, -0.25) is 0 Å². The lowest BCUT2D eigenvalue weighted by atomic mass is 9.72. The van der Waals surface area contributed by atoms with E-state index in [0.29, 0.717) is 12.1 Å². The summed E-state index contributed by atoms with van der Waals surface area (Å²) in [7, 11) is 0. The Morgan fingerprint density at radius 1 is 1.03 bits per heavy atom. The van der Waals surface area contributed by atoms with E-state index in [0.717, 1.165) is 34.5 Å². The minimum atomic E-state index is -0.919. The molecule has 0 radical (unpaired) electrons.